The molecular weight excluding hydrogens is 356 g/mol. The van der Waals surface area contributed by atoms with E-state index in [2.05, 4.69) is 66.4 Å². The number of hydrogen-bond donors (Lipinski definition) is 1. The molecule has 1 aromatic heterocycles. The van der Waals surface area contributed by atoms with Crippen molar-refractivity contribution in [2.45, 2.75) is 12.8 Å². The van der Waals surface area contributed by atoms with Gasteiger partial charge in [0.2, 0.25) is 0 Å². The molecule has 0 amide bonds. The number of anilines is 1. The zero-order valence-corrected chi connectivity index (χ0v) is 13.0. The molecule has 0 radical (unpaired) electrons. The van der Waals surface area contributed by atoms with Crippen molar-refractivity contribution in [3.63, 3.8) is 0 Å². The van der Waals surface area contributed by atoms with E-state index in [4.69, 9.17) is 0 Å². The van der Waals surface area contributed by atoms with Gasteiger partial charge in [-0.2, -0.15) is 0 Å². The van der Waals surface area contributed by atoms with Gasteiger partial charge in [-0.1, -0.05) is 30.3 Å². The number of halogens is 2. The molecule has 4 heteroatoms. The molecule has 0 atom stereocenters. The summed E-state index contributed by atoms with van der Waals surface area (Å²) in [6, 6.07) is 12.5. The SMILES string of the molecule is Brc1cnc(NCCCc2ccccc2)c(Br)c1. The van der Waals surface area contributed by atoms with Crippen LogP contribution in [0, 0.1) is 0 Å². The van der Waals surface area contributed by atoms with Gasteiger partial charge in [0.15, 0.2) is 0 Å². The Morgan fingerprint density at radius 1 is 1.11 bits per heavy atom. The van der Waals surface area contributed by atoms with E-state index in [0.717, 1.165) is 34.1 Å². The van der Waals surface area contributed by atoms with Gasteiger partial charge in [-0.25, -0.2) is 4.98 Å². The van der Waals surface area contributed by atoms with E-state index >= 15 is 0 Å². The van der Waals surface area contributed by atoms with Gasteiger partial charge in [-0.3, -0.25) is 0 Å². The van der Waals surface area contributed by atoms with Crippen molar-refractivity contribution in [2.24, 2.45) is 0 Å². The van der Waals surface area contributed by atoms with Crippen LogP contribution >= 0.6 is 31.9 Å². The largest absolute Gasteiger partial charge is 0.369 e. The molecule has 1 aromatic carbocycles. The summed E-state index contributed by atoms with van der Waals surface area (Å²) in [5.74, 6) is 0.895. The third kappa shape index (κ3) is 4.10. The number of pyridine rings is 1. The average Bonchev–Trinajstić information content (AvgIpc) is 2.38. The van der Waals surface area contributed by atoms with Crippen LogP contribution in [0.15, 0.2) is 51.5 Å². The topological polar surface area (TPSA) is 24.9 Å². The number of rotatable bonds is 5. The van der Waals surface area contributed by atoms with Gasteiger partial charge in [0, 0.05) is 17.2 Å². The van der Waals surface area contributed by atoms with Gasteiger partial charge in [0.1, 0.15) is 5.82 Å². The fraction of sp³-hybridized carbons (Fsp3) is 0.214. The Kier molecular flexibility index (Phi) is 5.20. The first-order valence-electron chi connectivity index (χ1n) is 5.84. The Hall–Kier alpha value is -0.870. The molecule has 18 heavy (non-hydrogen) atoms. The van der Waals surface area contributed by atoms with E-state index in [1.165, 1.54) is 5.56 Å². The smallest absolute Gasteiger partial charge is 0.140 e. The summed E-state index contributed by atoms with van der Waals surface area (Å²) >= 11 is 6.88. The van der Waals surface area contributed by atoms with E-state index in [1.54, 1.807) is 6.20 Å². The maximum atomic E-state index is 4.32. The lowest BCUT2D eigenvalue weighted by molar-refractivity contribution is 0.858. The summed E-state index contributed by atoms with van der Waals surface area (Å²) in [7, 11) is 0. The van der Waals surface area contributed by atoms with Gasteiger partial charge in [0.05, 0.1) is 4.47 Å². The second-order valence-electron chi connectivity index (χ2n) is 4.00. The van der Waals surface area contributed by atoms with E-state index in [1.807, 2.05) is 12.1 Å². The average molecular weight is 370 g/mol. The summed E-state index contributed by atoms with van der Waals surface area (Å²) in [6.07, 6.45) is 3.97. The maximum absolute atomic E-state index is 4.32. The van der Waals surface area contributed by atoms with Crippen LogP contribution in [0.4, 0.5) is 5.82 Å². The number of aromatic nitrogens is 1. The highest BCUT2D eigenvalue weighted by Crippen LogP contribution is 2.23. The highest BCUT2D eigenvalue weighted by atomic mass is 79.9. The minimum atomic E-state index is 0.895. The minimum Gasteiger partial charge on any atom is -0.369 e. The number of benzene rings is 1. The Morgan fingerprint density at radius 2 is 1.89 bits per heavy atom. The molecule has 1 N–H and O–H groups in total. The first kappa shape index (κ1) is 13.6. The molecule has 1 heterocycles. The van der Waals surface area contributed by atoms with Crippen molar-refractivity contribution in [2.75, 3.05) is 11.9 Å². The van der Waals surface area contributed by atoms with Crippen LogP contribution in [0.25, 0.3) is 0 Å². The lowest BCUT2D eigenvalue weighted by atomic mass is 10.1. The molecule has 0 fully saturated rings. The zero-order valence-electron chi connectivity index (χ0n) is 9.87. The molecular formula is C14H14Br2N2. The van der Waals surface area contributed by atoms with Crippen molar-refractivity contribution >= 4 is 37.7 Å². The maximum Gasteiger partial charge on any atom is 0.140 e. The van der Waals surface area contributed by atoms with Gasteiger partial charge >= 0.3 is 0 Å². The monoisotopic (exact) mass is 368 g/mol. The standard InChI is InChI=1S/C14H14Br2N2/c15-12-9-13(16)14(18-10-12)17-8-4-7-11-5-2-1-3-6-11/h1-3,5-6,9-10H,4,7-8H2,(H,17,18). The molecule has 0 aliphatic heterocycles. The first-order chi connectivity index (χ1) is 8.75. The fourth-order valence-corrected chi connectivity index (χ4v) is 2.82. The Morgan fingerprint density at radius 3 is 2.61 bits per heavy atom. The van der Waals surface area contributed by atoms with Crippen molar-refractivity contribution in [3.05, 3.63) is 57.1 Å². The Balaban J connectivity index is 1.79. The van der Waals surface area contributed by atoms with E-state index in [9.17, 15) is 0 Å². The molecule has 0 unspecified atom stereocenters. The molecule has 0 bridgehead atoms. The van der Waals surface area contributed by atoms with Gasteiger partial charge in [-0.05, 0) is 56.3 Å². The quantitative estimate of drug-likeness (QED) is 0.776. The van der Waals surface area contributed by atoms with Crippen molar-refractivity contribution in [3.8, 4) is 0 Å². The van der Waals surface area contributed by atoms with Crippen molar-refractivity contribution in [1.29, 1.82) is 0 Å². The lowest BCUT2D eigenvalue weighted by Gasteiger charge is -2.07. The van der Waals surface area contributed by atoms with Crippen LogP contribution in [-0.2, 0) is 6.42 Å². The first-order valence-corrected chi connectivity index (χ1v) is 7.43. The lowest BCUT2D eigenvalue weighted by Crippen LogP contribution is -2.05. The Bertz CT molecular complexity index is 500. The summed E-state index contributed by atoms with van der Waals surface area (Å²) in [5, 5.41) is 3.33. The molecule has 0 aliphatic carbocycles. The predicted octanol–water partition coefficient (Wildman–Crippen LogP) is 4.65. The summed E-state index contributed by atoms with van der Waals surface area (Å²) < 4.78 is 1.96. The molecule has 2 nitrogen and oxygen atoms in total. The van der Waals surface area contributed by atoms with Crippen LogP contribution < -0.4 is 5.32 Å². The number of aryl methyl sites for hydroxylation is 1. The number of hydrogen-bond acceptors (Lipinski definition) is 2. The summed E-state index contributed by atoms with van der Waals surface area (Å²) in [6.45, 7) is 0.919. The molecule has 0 saturated heterocycles. The highest BCUT2D eigenvalue weighted by Gasteiger charge is 2.01. The normalized spacial score (nSPS) is 10.3. The summed E-state index contributed by atoms with van der Waals surface area (Å²) in [5.41, 5.74) is 1.38. The van der Waals surface area contributed by atoms with E-state index in [0.29, 0.717) is 0 Å². The van der Waals surface area contributed by atoms with Crippen LogP contribution in [0.1, 0.15) is 12.0 Å². The van der Waals surface area contributed by atoms with Crippen LogP contribution in [0.2, 0.25) is 0 Å². The second kappa shape index (κ2) is 6.90. The zero-order chi connectivity index (χ0) is 12.8. The predicted molar refractivity (Wildman–Crippen MR) is 82.9 cm³/mol. The highest BCUT2D eigenvalue weighted by molar-refractivity contribution is 9.11. The Labute approximate surface area is 124 Å². The summed E-state index contributed by atoms with van der Waals surface area (Å²) in [4.78, 5) is 4.32. The number of nitrogens with zero attached hydrogens (tertiary/aromatic N) is 1. The molecule has 2 rings (SSSR count). The van der Waals surface area contributed by atoms with Crippen LogP contribution in [0.5, 0.6) is 0 Å². The van der Waals surface area contributed by atoms with E-state index in [-0.39, 0.29) is 0 Å². The van der Waals surface area contributed by atoms with Gasteiger partial charge in [0.25, 0.3) is 0 Å². The third-order valence-electron chi connectivity index (χ3n) is 2.59. The van der Waals surface area contributed by atoms with Crippen LogP contribution in [0.3, 0.4) is 0 Å². The molecule has 2 aromatic rings. The third-order valence-corrected chi connectivity index (χ3v) is 3.62. The fourth-order valence-electron chi connectivity index (χ4n) is 1.69. The van der Waals surface area contributed by atoms with Crippen LogP contribution in [-0.4, -0.2) is 11.5 Å². The van der Waals surface area contributed by atoms with Crippen molar-refractivity contribution < 1.29 is 0 Å². The molecule has 0 aliphatic rings. The van der Waals surface area contributed by atoms with Gasteiger partial charge in [-0.15, -0.1) is 0 Å². The molecule has 94 valence electrons. The van der Waals surface area contributed by atoms with Crippen molar-refractivity contribution in [1.82, 2.24) is 4.98 Å². The molecule has 0 spiro atoms. The molecule has 0 saturated carbocycles. The number of nitrogens with one attached hydrogen (secondary N) is 1. The van der Waals surface area contributed by atoms with E-state index < -0.39 is 0 Å². The minimum absolute atomic E-state index is 0.895. The second-order valence-corrected chi connectivity index (χ2v) is 5.77. The van der Waals surface area contributed by atoms with Gasteiger partial charge < -0.3 is 5.32 Å².